The Labute approximate surface area is 73.2 Å². The van der Waals surface area contributed by atoms with Gasteiger partial charge in [0.2, 0.25) is 0 Å². The van der Waals surface area contributed by atoms with E-state index in [1.807, 2.05) is 0 Å². The van der Waals surface area contributed by atoms with Crippen molar-refractivity contribution in [3.8, 4) is 0 Å². The lowest BCUT2D eigenvalue weighted by molar-refractivity contribution is 0.568. The maximum absolute atomic E-state index is 2.28. The number of benzene rings is 1. The number of hydrogen-bond acceptors (Lipinski definition) is 0. The van der Waals surface area contributed by atoms with Gasteiger partial charge in [-0.2, -0.15) is 0 Å². The summed E-state index contributed by atoms with van der Waals surface area (Å²) in [5, 5.41) is 0. The molecule has 0 spiro atoms. The van der Waals surface area contributed by atoms with Gasteiger partial charge < -0.3 is 0 Å². The second-order valence-electron chi connectivity index (χ2n) is 4.07. The molecule has 3 rings (SSSR count). The number of piperidine rings is 1. The normalized spacial score (nSPS) is 37.8. The van der Waals surface area contributed by atoms with Crippen molar-refractivity contribution in [2.45, 2.75) is 18.9 Å². The molecule has 2 unspecified atom stereocenters. The summed E-state index contributed by atoms with van der Waals surface area (Å²) in [5.41, 5.74) is 1.54. The second-order valence-corrected chi connectivity index (χ2v) is 4.07. The number of fused-ring (bicyclic) bond motifs is 1. The van der Waals surface area contributed by atoms with Gasteiger partial charge in [-0.1, -0.05) is 18.2 Å². The molecule has 1 aromatic carbocycles. The number of nitrogens with zero attached hydrogens (tertiary/aromatic N) is 1. The highest BCUT2D eigenvalue weighted by atomic mass is 15.5. The Bertz CT molecular complexity index is 293. The minimum absolute atomic E-state index is 0.979. The van der Waals surface area contributed by atoms with Gasteiger partial charge in [-0.15, -0.1) is 0 Å². The summed E-state index contributed by atoms with van der Waals surface area (Å²) in [6.07, 6.45) is 2.88. The van der Waals surface area contributed by atoms with Crippen molar-refractivity contribution in [1.82, 2.24) is 4.48 Å². The van der Waals surface area contributed by atoms with Gasteiger partial charge in [0.15, 0.2) is 0 Å². The summed E-state index contributed by atoms with van der Waals surface area (Å²) >= 11 is 0. The van der Waals surface area contributed by atoms with Gasteiger partial charge in [-0.3, -0.25) is 4.48 Å². The number of hydrogen-bond donors (Lipinski definition) is 0. The smallest absolute Gasteiger partial charge is 0.144 e. The molecule has 2 aliphatic rings. The van der Waals surface area contributed by atoms with Crippen molar-refractivity contribution >= 4 is 5.69 Å². The van der Waals surface area contributed by atoms with Gasteiger partial charge in [0, 0.05) is 12.8 Å². The average Bonchev–Trinajstić information content (AvgIpc) is 2.72. The average molecular weight is 160 g/mol. The Kier molecular flexibility index (Phi) is 1.17. The fourth-order valence-corrected chi connectivity index (χ4v) is 2.72. The topological polar surface area (TPSA) is 0 Å². The van der Waals surface area contributed by atoms with Crippen LogP contribution < -0.4 is 4.48 Å². The van der Waals surface area contributed by atoms with Crippen LogP contribution in [0.2, 0.25) is 0 Å². The van der Waals surface area contributed by atoms with Crippen LogP contribution in [0.15, 0.2) is 30.3 Å². The van der Waals surface area contributed by atoms with E-state index in [-0.39, 0.29) is 0 Å². The zero-order valence-corrected chi connectivity index (χ0v) is 7.24. The number of rotatable bonds is 1. The number of quaternary nitrogens is 1. The van der Waals surface area contributed by atoms with Crippen LogP contribution in [0.25, 0.3) is 0 Å². The Morgan fingerprint density at radius 3 is 2.58 bits per heavy atom. The molecule has 0 amide bonds. The van der Waals surface area contributed by atoms with Crippen molar-refractivity contribution in [1.29, 1.82) is 0 Å². The molecule has 0 N–H and O–H groups in total. The first-order chi connectivity index (χ1) is 5.92. The second kappa shape index (κ2) is 2.11. The SMILES string of the molecule is c1ccc([N+]23CCCC2C3)cc1. The quantitative estimate of drug-likeness (QED) is 0.436. The van der Waals surface area contributed by atoms with Crippen molar-refractivity contribution in [2.75, 3.05) is 13.1 Å². The van der Waals surface area contributed by atoms with E-state index in [4.69, 9.17) is 0 Å². The highest BCUT2D eigenvalue weighted by Crippen LogP contribution is 2.45. The molecular formula is C11H14N+. The number of para-hydroxylation sites is 1. The van der Waals surface area contributed by atoms with E-state index < -0.39 is 0 Å². The highest BCUT2D eigenvalue weighted by molar-refractivity contribution is 5.50. The molecular weight excluding hydrogens is 146 g/mol. The van der Waals surface area contributed by atoms with Crippen molar-refractivity contribution in [2.24, 2.45) is 0 Å². The largest absolute Gasteiger partial charge is 0.279 e. The van der Waals surface area contributed by atoms with Crippen LogP contribution >= 0.6 is 0 Å². The lowest BCUT2D eigenvalue weighted by atomic mass is 10.3. The van der Waals surface area contributed by atoms with E-state index in [9.17, 15) is 0 Å². The third kappa shape index (κ3) is 0.721. The predicted molar refractivity (Wildman–Crippen MR) is 51.0 cm³/mol. The van der Waals surface area contributed by atoms with Crippen LogP contribution in [0, 0.1) is 0 Å². The summed E-state index contributed by atoms with van der Waals surface area (Å²) in [5.74, 6) is 0. The fraction of sp³-hybridized carbons (Fsp3) is 0.455. The Hall–Kier alpha value is -0.820. The molecule has 2 saturated heterocycles. The predicted octanol–water partition coefficient (Wildman–Crippen LogP) is 2.17. The minimum atomic E-state index is 0.979. The lowest BCUT2D eigenvalue weighted by Gasteiger charge is -2.14. The molecule has 1 nitrogen and oxygen atoms in total. The standard InChI is InChI=1S/C11H14N/c1-2-5-10(6-3-1)12-8-4-7-11(12)9-12/h1-3,5-6,11H,4,7-9H2/q+1. The molecule has 2 aliphatic heterocycles. The summed E-state index contributed by atoms with van der Waals surface area (Å²) in [4.78, 5) is 0. The fourth-order valence-electron chi connectivity index (χ4n) is 2.72. The van der Waals surface area contributed by atoms with E-state index in [2.05, 4.69) is 30.3 Å². The van der Waals surface area contributed by atoms with Gasteiger partial charge in [0.25, 0.3) is 0 Å². The van der Waals surface area contributed by atoms with Gasteiger partial charge in [0.1, 0.15) is 18.3 Å². The van der Waals surface area contributed by atoms with Crippen LogP contribution in [-0.4, -0.2) is 19.1 Å². The zero-order chi connectivity index (χ0) is 8.02. The van der Waals surface area contributed by atoms with E-state index in [1.54, 1.807) is 5.69 Å². The zero-order valence-electron chi connectivity index (χ0n) is 7.24. The van der Waals surface area contributed by atoms with Crippen LogP contribution in [-0.2, 0) is 0 Å². The van der Waals surface area contributed by atoms with Crippen LogP contribution in [0.5, 0.6) is 0 Å². The van der Waals surface area contributed by atoms with Crippen molar-refractivity contribution in [3.05, 3.63) is 30.3 Å². The first-order valence-electron chi connectivity index (χ1n) is 4.84. The lowest BCUT2D eigenvalue weighted by Crippen LogP contribution is -2.24. The van der Waals surface area contributed by atoms with Gasteiger partial charge >= 0.3 is 0 Å². The molecule has 2 fully saturated rings. The Balaban J connectivity index is 2.00. The molecule has 0 radical (unpaired) electrons. The van der Waals surface area contributed by atoms with E-state index >= 15 is 0 Å². The molecule has 1 heteroatoms. The van der Waals surface area contributed by atoms with Crippen molar-refractivity contribution < 1.29 is 0 Å². The summed E-state index contributed by atoms with van der Waals surface area (Å²) in [6.45, 7) is 2.79. The van der Waals surface area contributed by atoms with Gasteiger partial charge in [0.05, 0.1) is 6.54 Å². The molecule has 0 bridgehead atoms. The molecule has 12 heavy (non-hydrogen) atoms. The maximum atomic E-state index is 2.28. The van der Waals surface area contributed by atoms with Crippen LogP contribution in [0.3, 0.4) is 0 Å². The first-order valence-corrected chi connectivity index (χ1v) is 4.84. The molecule has 0 saturated carbocycles. The highest BCUT2D eigenvalue weighted by Gasteiger charge is 2.59. The van der Waals surface area contributed by atoms with E-state index in [1.165, 1.54) is 30.4 Å². The Morgan fingerprint density at radius 2 is 2.00 bits per heavy atom. The van der Waals surface area contributed by atoms with Crippen LogP contribution in [0.4, 0.5) is 5.69 Å². The molecule has 2 atom stereocenters. The summed E-state index contributed by atoms with van der Waals surface area (Å²) < 4.78 is 1.31. The molecule has 0 aromatic heterocycles. The molecule has 0 aliphatic carbocycles. The summed E-state index contributed by atoms with van der Waals surface area (Å²) in [6, 6.07) is 12.0. The van der Waals surface area contributed by atoms with Gasteiger partial charge in [-0.25, -0.2) is 0 Å². The summed E-state index contributed by atoms with van der Waals surface area (Å²) in [7, 11) is 0. The molecule has 1 aromatic rings. The third-order valence-electron chi connectivity index (χ3n) is 3.47. The third-order valence-corrected chi connectivity index (χ3v) is 3.47. The minimum Gasteiger partial charge on any atom is -0.279 e. The van der Waals surface area contributed by atoms with E-state index in [0.717, 1.165) is 6.04 Å². The van der Waals surface area contributed by atoms with E-state index in [0.29, 0.717) is 0 Å². The maximum Gasteiger partial charge on any atom is 0.144 e. The molecule has 62 valence electrons. The molecule has 2 heterocycles. The van der Waals surface area contributed by atoms with Crippen molar-refractivity contribution in [3.63, 3.8) is 0 Å². The van der Waals surface area contributed by atoms with Gasteiger partial charge in [-0.05, 0) is 12.1 Å². The first kappa shape index (κ1) is 6.67. The monoisotopic (exact) mass is 160 g/mol. The Morgan fingerprint density at radius 1 is 1.17 bits per heavy atom. The van der Waals surface area contributed by atoms with Crippen LogP contribution in [0.1, 0.15) is 12.8 Å².